The van der Waals surface area contributed by atoms with Gasteiger partial charge in [-0.15, -0.1) is 0 Å². The second-order valence-corrected chi connectivity index (χ2v) is 5.80. The minimum Gasteiger partial charge on any atom is -0.326 e. The molecule has 2 N–H and O–H groups in total. The predicted octanol–water partition coefficient (Wildman–Crippen LogP) is 4.13. The third-order valence-corrected chi connectivity index (χ3v) is 3.41. The summed E-state index contributed by atoms with van der Waals surface area (Å²) in [4.78, 5) is 22.9. The highest BCUT2D eigenvalue weighted by Crippen LogP contribution is 2.20. The number of carbonyl (C=O) groups excluding carboxylic acids is 2. The van der Waals surface area contributed by atoms with Gasteiger partial charge in [-0.3, -0.25) is 9.59 Å². The van der Waals surface area contributed by atoms with Crippen LogP contribution < -0.4 is 10.6 Å². The molecule has 0 aliphatic rings. The van der Waals surface area contributed by atoms with Crippen molar-refractivity contribution in [1.29, 1.82) is 0 Å². The first-order valence-corrected chi connectivity index (χ1v) is 7.56. The van der Waals surface area contributed by atoms with E-state index in [4.69, 9.17) is 0 Å². The second kappa shape index (κ2) is 7.48. The van der Waals surface area contributed by atoms with Crippen LogP contribution in [0.25, 0.3) is 0 Å². The zero-order valence-electron chi connectivity index (χ0n) is 12.2. The third kappa shape index (κ3) is 5.38. The highest BCUT2D eigenvalue weighted by Gasteiger charge is 2.38. The first-order valence-electron chi connectivity index (χ1n) is 6.76. The van der Waals surface area contributed by atoms with Crippen molar-refractivity contribution in [3.05, 3.63) is 58.6 Å². The Kier molecular flexibility index (Phi) is 5.61. The number of benzene rings is 2. The Balaban J connectivity index is 2.01. The van der Waals surface area contributed by atoms with E-state index in [0.29, 0.717) is 0 Å². The normalized spacial score (nSPS) is 11.0. The quantitative estimate of drug-likeness (QED) is 0.810. The van der Waals surface area contributed by atoms with E-state index in [2.05, 4.69) is 21.2 Å². The number of amides is 2. The van der Waals surface area contributed by atoms with E-state index in [9.17, 15) is 22.8 Å². The molecule has 0 aromatic heterocycles. The third-order valence-electron chi connectivity index (χ3n) is 2.92. The monoisotopic (exact) mass is 400 g/mol. The molecular formula is C16H12BrF3N2O2. The maximum absolute atomic E-state index is 12.2. The van der Waals surface area contributed by atoms with Crippen LogP contribution in [0.2, 0.25) is 0 Å². The molecule has 0 fully saturated rings. The minimum atomic E-state index is -4.97. The van der Waals surface area contributed by atoms with Gasteiger partial charge >= 0.3 is 12.1 Å². The van der Waals surface area contributed by atoms with Crippen molar-refractivity contribution in [2.75, 3.05) is 10.6 Å². The average molecular weight is 401 g/mol. The standard InChI is InChI=1S/C16H12BrF3N2O2/c17-11-4-1-3-10(7-11)8-14(23)21-12-5-2-6-13(9-12)22-15(24)16(18,19)20/h1-7,9H,8H2,(H,21,23)(H,22,24). The van der Waals surface area contributed by atoms with Crippen LogP contribution in [0.15, 0.2) is 53.0 Å². The largest absolute Gasteiger partial charge is 0.471 e. The average Bonchev–Trinajstić information content (AvgIpc) is 2.46. The summed E-state index contributed by atoms with van der Waals surface area (Å²) in [5.41, 5.74) is 1.01. The molecule has 0 saturated carbocycles. The lowest BCUT2D eigenvalue weighted by Crippen LogP contribution is -2.29. The second-order valence-electron chi connectivity index (χ2n) is 4.89. The summed E-state index contributed by atoms with van der Waals surface area (Å²) in [5, 5.41) is 4.31. The van der Waals surface area contributed by atoms with Gasteiger partial charge in [-0.1, -0.05) is 34.1 Å². The minimum absolute atomic E-state index is 0.0578. The maximum atomic E-state index is 12.2. The summed E-state index contributed by atoms with van der Waals surface area (Å²) in [6, 6.07) is 12.7. The van der Waals surface area contributed by atoms with E-state index in [1.54, 1.807) is 23.5 Å². The fourth-order valence-corrected chi connectivity index (χ4v) is 2.36. The fourth-order valence-electron chi connectivity index (χ4n) is 1.91. The van der Waals surface area contributed by atoms with Crippen molar-refractivity contribution in [2.45, 2.75) is 12.6 Å². The molecule has 2 amide bonds. The summed E-state index contributed by atoms with van der Waals surface area (Å²) in [5.74, 6) is -2.40. The molecule has 24 heavy (non-hydrogen) atoms. The Morgan fingerprint density at radius 2 is 1.58 bits per heavy atom. The highest BCUT2D eigenvalue weighted by molar-refractivity contribution is 9.10. The van der Waals surface area contributed by atoms with Crippen LogP contribution in [-0.2, 0) is 16.0 Å². The first-order chi connectivity index (χ1) is 11.2. The Labute approximate surface area is 144 Å². The molecule has 0 aliphatic carbocycles. The first kappa shape index (κ1) is 18.0. The van der Waals surface area contributed by atoms with Crippen molar-refractivity contribution in [3.63, 3.8) is 0 Å². The molecule has 126 valence electrons. The van der Waals surface area contributed by atoms with Crippen molar-refractivity contribution >= 4 is 39.1 Å². The molecule has 0 atom stereocenters. The van der Waals surface area contributed by atoms with Crippen LogP contribution in [0.3, 0.4) is 0 Å². The van der Waals surface area contributed by atoms with E-state index >= 15 is 0 Å². The van der Waals surface area contributed by atoms with Crippen LogP contribution >= 0.6 is 15.9 Å². The number of rotatable bonds is 4. The lowest BCUT2D eigenvalue weighted by molar-refractivity contribution is -0.167. The summed E-state index contributed by atoms with van der Waals surface area (Å²) in [7, 11) is 0. The van der Waals surface area contributed by atoms with Crippen molar-refractivity contribution in [3.8, 4) is 0 Å². The Hall–Kier alpha value is -2.35. The molecule has 0 heterocycles. The number of alkyl halides is 3. The molecule has 2 aromatic carbocycles. The zero-order chi connectivity index (χ0) is 17.7. The van der Waals surface area contributed by atoms with Crippen molar-refractivity contribution in [1.82, 2.24) is 0 Å². The molecule has 2 aromatic rings. The predicted molar refractivity (Wildman–Crippen MR) is 87.6 cm³/mol. The SMILES string of the molecule is O=C(Cc1cccc(Br)c1)Nc1cccc(NC(=O)C(F)(F)F)c1. The summed E-state index contributed by atoms with van der Waals surface area (Å²) in [6.07, 6.45) is -4.86. The molecule has 0 aliphatic heterocycles. The molecule has 2 rings (SSSR count). The molecule has 8 heteroatoms. The van der Waals surface area contributed by atoms with Gasteiger partial charge < -0.3 is 10.6 Å². The molecule has 0 bridgehead atoms. The molecule has 0 saturated heterocycles. The van der Waals surface area contributed by atoms with Gasteiger partial charge in [0.15, 0.2) is 0 Å². The zero-order valence-corrected chi connectivity index (χ0v) is 13.7. The van der Waals surface area contributed by atoms with Gasteiger partial charge in [-0.05, 0) is 35.9 Å². The summed E-state index contributed by atoms with van der Waals surface area (Å²) >= 11 is 3.30. The summed E-state index contributed by atoms with van der Waals surface area (Å²) in [6.45, 7) is 0. The molecule has 0 unspecified atom stereocenters. The van der Waals surface area contributed by atoms with Crippen LogP contribution in [-0.4, -0.2) is 18.0 Å². The van der Waals surface area contributed by atoms with Gasteiger partial charge in [0.25, 0.3) is 0 Å². The molecule has 0 spiro atoms. The highest BCUT2D eigenvalue weighted by atomic mass is 79.9. The number of carbonyl (C=O) groups is 2. The molecule has 0 radical (unpaired) electrons. The van der Waals surface area contributed by atoms with Gasteiger partial charge in [0.05, 0.1) is 6.42 Å². The Morgan fingerprint density at radius 3 is 2.21 bits per heavy atom. The maximum Gasteiger partial charge on any atom is 0.471 e. The molecule has 4 nitrogen and oxygen atoms in total. The van der Waals surface area contributed by atoms with Gasteiger partial charge in [0.1, 0.15) is 0 Å². The van der Waals surface area contributed by atoms with Gasteiger partial charge in [-0.25, -0.2) is 0 Å². The van der Waals surface area contributed by atoms with Crippen molar-refractivity contribution < 1.29 is 22.8 Å². The topological polar surface area (TPSA) is 58.2 Å². The van der Waals surface area contributed by atoms with Crippen LogP contribution in [0.5, 0.6) is 0 Å². The number of hydrogen-bond donors (Lipinski definition) is 2. The number of halogens is 4. The Morgan fingerprint density at radius 1 is 0.958 bits per heavy atom. The van der Waals surface area contributed by atoms with Gasteiger partial charge in [0.2, 0.25) is 5.91 Å². The lowest BCUT2D eigenvalue weighted by atomic mass is 10.1. The number of nitrogens with one attached hydrogen (secondary N) is 2. The van der Waals surface area contributed by atoms with Crippen molar-refractivity contribution in [2.24, 2.45) is 0 Å². The fraction of sp³-hybridized carbons (Fsp3) is 0.125. The van der Waals surface area contributed by atoms with Gasteiger partial charge in [-0.2, -0.15) is 13.2 Å². The smallest absolute Gasteiger partial charge is 0.326 e. The van der Waals surface area contributed by atoms with Crippen LogP contribution in [0.4, 0.5) is 24.5 Å². The van der Waals surface area contributed by atoms with E-state index < -0.39 is 12.1 Å². The van der Waals surface area contributed by atoms with Gasteiger partial charge in [0, 0.05) is 15.8 Å². The van der Waals surface area contributed by atoms with E-state index in [0.717, 1.165) is 10.0 Å². The van der Waals surface area contributed by atoms with E-state index in [1.807, 2.05) is 6.07 Å². The molecular weight excluding hydrogens is 389 g/mol. The van der Waals surface area contributed by atoms with E-state index in [1.165, 1.54) is 24.3 Å². The Bertz CT molecular complexity index is 763. The van der Waals surface area contributed by atoms with Crippen LogP contribution in [0, 0.1) is 0 Å². The number of anilines is 2. The summed E-state index contributed by atoms with van der Waals surface area (Å²) < 4.78 is 37.5. The lowest BCUT2D eigenvalue weighted by Gasteiger charge is -2.10. The number of hydrogen-bond acceptors (Lipinski definition) is 2. The van der Waals surface area contributed by atoms with Crippen LogP contribution in [0.1, 0.15) is 5.56 Å². The van der Waals surface area contributed by atoms with E-state index in [-0.39, 0.29) is 23.7 Å².